The molecule has 1 saturated heterocycles. The lowest BCUT2D eigenvalue weighted by atomic mass is 9.90. The predicted molar refractivity (Wildman–Crippen MR) is 136 cm³/mol. The molecule has 36 heavy (non-hydrogen) atoms. The van der Waals surface area contributed by atoms with E-state index in [0.717, 1.165) is 31.9 Å². The van der Waals surface area contributed by atoms with Crippen LogP contribution in [0.2, 0.25) is 0 Å². The Bertz CT molecular complexity index is 995. The van der Waals surface area contributed by atoms with Gasteiger partial charge in [0.25, 0.3) is 0 Å². The van der Waals surface area contributed by atoms with E-state index in [1.165, 1.54) is 12.1 Å². The molecule has 2 aliphatic rings. The second-order valence-corrected chi connectivity index (χ2v) is 10.1. The number of hydrogen-bond donors (Lipinski definition) is 3. The molecule has 1 aromatic heterocycles. The minimum atomic E-state index is -1.37. The summed E-state index contributed by atoms with van der Waals surface area (Å²) in [6.45, 7) is 3.65. The van der Waals surface area contributed by atoms with E-state index in [1.807, 2.05) is 0 Å². The maximum Gasteiger partial charge on any atom is 0.149 e. The summed E-state index contributed by atoms with van der Waals surface area (Å²) in [4.78, 5) is 4.19. The first-order valence-electron chi connectivity index (χ1n) is 12.8. The highest BCUT2D eigenvalue weighted by Crippen LogP contribution is 2.32. The van der Waals surface area contributed by atoms with Crippen LogP contribution in [0.5, 0.6) is 0 Å². The lowest BCUT2D eigenvalue weighted by Gasteiger charge is -2.32. The summed E-state index contributed by atoms with van der Waals surface area (Å²) in [5, 5.41) is 10.0. The van der Waals surface area contributed by atoms with Crippen LogP contribution in [0.4, 0.5) is 24.7 Å². The molecule has 3 N–H and O–H groups in total. The molecule has 4 rings (SSSR count). The summed E-state index contributed by atoms with van der Waals surface area (Å²) in [5.74, 6) is -0.643. The fourth-order valence-corrected chi connectivity index (χ4v) is 5.05. The van der Waals surface area contributed by atoms with Crippen molar-refractivity contribution in [3.8, 4) is 11.1 Å². The molecular weight excluding hydrogens is 469 g/mol. The highest BCUT2D eigenvalue weighted by atomic mass is 19.1. The number of rotatable bonds is 10. The van der Waals surface area contributed by atoms with Crippen LogP contribution in [0, 0.1) is 11.6 Å². The second-order valence-electron chi connectivity index (χ2n) is 10.1. The maximum absolute atomic E-state index is 14.9. The van der Waals surface area contributed by atoms with Gasteiger partial charge in [-0.3, -0.25) is 0 Å². The summed E-state index contributed by atoms with van der Waals surface area (Å²) in [6.07, 6.45) is 5.69. The van der Waals surface area contributed by atoms with Crippen molar-refractivity contribution in [1.82, 2.24) is 10.3 Å². The van der Waals surface area contributed by atoms with Crippen molar-refractivity contribution >= 4 is 11.5 Å². The zero-order valence-electron chi connectivity index (χ0n) is 21.1. The van der Waals surface area contributed by atoms with Gasteiger partial charge in [-0.1, -0.05) is 0 Å². The van der Waals surface area contributed by atoms with Crippen LogP contribution in [-0.2, 0) is 9.47 Å². The number of methoxy groups -OCH3 is 1. The van der Waals surface area contributed by atoms with Crippen molar-refractivity contribution in [2.45, 2.75) is 69.2 Å². The van der Waals surface area contributed by atoms with Gasteiger partial charge in [0, 0.05) is 74.6 Å². The molecule has 1 aliphatic heterocycles. The van der Waals surface area contributed by atoms with Gasteiger partial charge in [-0.2, -0.15) is 0 Å². The highest BCUT2D eigenvalue weighted by Gasteiger charge is 2.32. The molecule has 0 amide bonds. The lowest BCUT2D eigenvalue weighted by molar-refractivity contribution is -0.00115. The van der Waals surface area contributed by atoms with Crippen LogP contribution < -0.4 is 16.0 Å². The van der Waals surface area contributed by atoms with Gasteiger partial charge < -0.3 is 25.4 Å². The number of ether oxygens (including phenoxy) is 2. The normalized spacial score (nSPS) is 22.7. The van der Waals surface area contributed by atoms with Crippen LogP contribution >= 0.6 is 0 Å². The molecule has 0 spiro atoms. The van der Waals surface area contributed by atoms with Crippen molar-refractivity contribution in [3.05, 3.63) is 42.1 Å². The Morgan fingerprint density at radius 2 is 1.75 bits per heavy atom. The van der Waals surface area contributed by atoms with Crippen molar-refractivity contribution in [2.24, 2.45) is 0 Å². The van der Waals surface area contributed by atoms with Crippen LogP contribution in [0.15, 0.2) is 30.5 Å². The van der Waals surface area contributed by atoms with E-state index in [9.17, 15) is 13.2 Å². The standard InChI is InChI=1S/C27H37F3N4O2/c1-18(16-35-2)33-19-3-5-20(6-4-19)34-26-14-23(25(29)15-31-26)22-13-21(7-8-24(22)28)32-17-27(30)9-11-36-12-10-27/h7-8,13-15,18-20,32-33H,3-6,9-12,16-17H2,1-2H3,(H,31,34)/t18-,19?,20?/m1/s1. The third-order valence-corrected chi connectivity index (χ3v) is 7.13. The van der Waals surface area contributed by atoms with E-state index in [0.29, 0.717) is 56.3 Å². The average Bonchev–Trinajstić information content (AvgIpc) is 2.87. The molecule has 198 valence electrons. The van der Waals surface area contributed by atoms with Gasteiger partial charge in [0.2, 0.25) is 0 Å². The van der Waals surface area contributed by atoms with E-state index in [2.05, 4.69) is 27.9 Å². The van der Waals surface area contributed by atoms with Crippen LogP contribution in [0.25, 0.3) is 11.1 Å². The van der Waals surface area contributed by atoms with Crippen LogP contribution in [-0.4, -0.2) is 62.3 Å². The van der Waals surface area contributed by atoms with E-state index < -0.39 is 17.3 Å². The summed E-state index contributed by atoms with van der Waals surface area (Å²) in [6, 6.07) is 6.86. The monoisotopic (exact) mass is 506 g/mol. The minimum absolute atomic E-state index is 0.0921. The molecular formula is C27H37F3N4O2. The number of nitrogens with zero attached hydrogens (tertiary/aromatic N) is 1. The molecule has 0 unspecified atom stereocenters. The van der Waals surface area contributed by atoms with Gasteiger partial charge in [0.1, 0.15) is 23.1 Å². The minimum Gasteiger partial charge on any atom is -0.383 e. The highest BCUT2D eigenvalue weighted by molar-refractivity contribution is 5.71. The fraction of sp³-hybridized carbons (Fsp3) is 0.593. The Balaban J connectivity index is 1.40. The molecule has 2 fully saturated rings. The third kappa shape index (κ3) is 7.11. The molecule has 0 radical (unpaired) electrons. The molecule has 9 heteroatoms. The van der Waals surface area contributed by atoms with Crippen LogP contribution in [0.3, 0.4) is 0 Å². The first-order chi connectivity index (χ1) is 17.3. The summed E-state index contributed by atoms with van der Waals surface area (Å²) >= 11 is 0. The zero-order valence-corrected chi connectivity index (χ0v) is 21.1. The molecule has 1 aromatic carbocycles. The van der Waals surface area contributed by atoms with E-state index >= 15 is 0 Å². The Morgan fingerprint density at radius 1 is 1.06 bits per heavy atom. The average molecular weight is 507 g/mol. The Labute approximate surface area is 211 Å². The number of nitrogens with one attached hydrogen (secondary N) is 3. The molecule has 1 aliphatic carbocycles. The third-order valence-electron chi connectivity index (χ3n) is 7.13. The van der Waals surface area contributed by atoms with Gasteiger partial charge in [-0.05, 0) is 56.9 Å². The molecule has 2 heterocycles. The van der Waals surface area contributed by atoms with Gasteiger partial charge in [0.05, 0.1) is 12.8 Å². The van der Waals surface area contributed by atoms with Crippen molar-refractivity contribution in [3.63, 3.8) is 0 Å². The van der Waals surface area contributed by atoms with Crippen molar-refractivity contribution in [1.29, 1.82) is 0 Å². The number of halogens is 3. The topological polar surface area (TPSA) is 67.4 Å². The molecule has 6 nitrogen and oxygen atoms in total. The number of anilines is 2. The Kier molecular flexibility index (Phi) is 9.09. The van der Waals surface area contributed by atoms with Gasteiger partial charge >= 0.3 is 0 Å². The van der Waals surface area contributed by atoms with Gasteiger partial charge in [-0.15, -0.1) is 0 Å². The number of aromatic nitrogens is 1. The first-order valence-corrected chi connectivity index (χ1v) is 12.8. The lowest BCUT2D eigenvalue weighted by Crippen LogP contribution is -2.42. The van der Waals surface area contributed by atoms with E-state index in [4.69, 9.17) is 9.47 Å². The maximum atomic E-state index is 14.9. The molecule has 0 bridgehead atoms. The molecule has 1 atom stereocenters. The summed E-state index contributed by atoms with van der Waals surface area (Å²) < 4.78 is 54.9. The Morgan fingerprint density at radius 3 is 2.47 bits per heavy atom. The second kappa shape index (κ2) is 12.3. The number of benzene rings is 1. The largest absolute Gasteiger partial charge is 0.383 e. The zero-order chi connectivity index (χ0) is 25.5. The SMILES string of the molecule is COC[C@@H](C)NC1CCC(Nc2cc(-c3cc(NCC4(F)CCOCC4)ccc3F)c(F)cn2)CC1. The first kappa shape index (κ1) is 26.7. The summed E-state index contributed by atoms with van der Waals surface area (Å²) in [7, 11) is 1.70. The summed E-state index contributed by atoms with van der Waals surface area (Å²) in [5.41, 5.74) is -0.599. The van der Waals surface area contributed by atoms with E-state index in [1.54, 1.807) is 19.2 Å². The Hall–Kier alpha value is -2.36. The quantitative estimate of drug-likeness (QED) is 0.406. The van der Waals surface area contributed by atoms with E-state index in [-0.39, 0.29) is 23.7 Å². The number of pyridine rings is 1. The predicted octanol–water partition coefficient (Wildman–Crippen LogP) is 5.31. The number of hydrogen-bond acceptors (Lipinski definition) is 6. The van der Waals surface area contributed by atoms with Gasteiger partial charge in [-0.25, -0.2) is 18.2 Å². The molecule has 2 aromatic rings. The fourth-order valence-electron chi connectivity index (χ4n) is 5.05. The smallest absolute Gasteiger partial charge is 0.149 e. The number of alkyl halides is 1. The molecule has 1 saturated carbocycles. The van der Waals surface area contributed by atoms with Crippen LogP contribution in [0.1, 0.15) is 45.4 Å². The van der Waals surface area contributed by atoms with Gasteiger partial charge in [0.15, 0.2) is 0 Å². The van der Waals surface area contributed by atoms with Crippen molar-refractivity contribution < 1.29 is 22.6 Å². The van der Waals surface area contributed by atoms with Crippen molar-refractivity contribution in [2.75, 3.05) is 44.1 Å².